The van der Waals surface area contributed by atoms with Gasteiger partial charge in [-0.05, 0) is 24.3 Å². The smallest absolute Gasteiger partial charge is 0.311 e. The molecule has 6 heteroatoms. The molecule has 0 saturated carbocycles. The Kier molecular flexibility index (Phi) is 5.31. The summed E-state index contributed by atoms with van der Waals surface area (Å²) in [4.78, 5) is 38.0. The molecule has 2 aromatic carbocycles. The van der Waals surface area contributed by atoms with E-state index >= 15 is 0 Å². The van der Waals surface area contributed by atoms with Gasteiger partial charge in [-0.15, -0.1) is 0 Å². The lowest BCUT2D eigenvalue weighted by atomic mass is 10.1. The van der Waals surface area contributed by atoms with Gasteiger partial charge >= 0.3 is 5.97 Å². The SMILES string of the molecule is COc1ccc(N2C[C@@H](C(=O)OCC(=O)c3ccccc3)CC2=O)cc1. The summed E-state index contributed by atoms with van der Waals surface area (Å²) in [6.45, 7) is -0.0837. The summed E-state index contributed by atoms with van der Waals surface area (Å²) in [6.07, 6.45) is 0.0738. The Morgan fingerprint density at radius 2 is 1.77 bits per heavy atom. The molecule has 1 fully saturated rings. The molecule has 1 amide bonds. The van der Waals surface area contributed by atoms with Gasteiger partial charge in [0.15, 0.2) is 12.4 Å². The highest BCUT2D eigenvalue weighted by Gasteiger charge is 2.36. The minimum absolute atomic E-state index is 0.0738. The molecule has 0 radical (unpaired) electrons. The Labute approximate surface area is 151 Å². The molecule has 1 aliphatic rings. The number of hydrogen-bond donors (Lipinski definition) is 0. The summed E-state index contributed by atoms with van der Waals surface area (Å²) in [5.41, 5.74) is 1.19. The monoisotopic (exact) mass is 353 g/mol. The van der Waals surface area contributed by atoms with Gasteiger partial charge in [-0.3, -0.25) is 14.4 Å². The number of esters is 1. The van der Waals surface area contributed by atoms with Crippen molar-refractivity contribution in [2.75, 3.05) is 25.2 Å². The zero-order valence-electron chi connectivity index (χ0n) is 14.4. The van der Waals surface area contributed by atoms with Crippen LogP contribution in [0.1, 0.15) is 16.8 Å². The van der Waals surface area contributed by atoms with E-state index in [2.05, 4.69) is 0 Å². The number of anilines is 1. The topological polar surface area (TPSA) is 72.9 Å². The van der Waals surface area contributed by atoms with Gasteiger partial charge < -0.3 is 14.4 Å². The maximum absolute atomic E-state index is 12.2. The standard InChI is InChI=1S/C20H19NO5/c1-25-17-9-7-16(8-10-17)21-12-15(11-19(21)23)20(24)26-13-18(22)14-5-3-2-4-6-14/h2-10,15H,11-13H2,1H3/t15-/m0/s1. The third-order valence-corrected chi connectivity index (χ3v) is 4.28. The molecule has 1 atom stereocenters. The van der Waals surface area contributed by atoms with E-state index in [1.54, 1.807) is 66.6 Å². The van der Waals surface area contributed by atoms with Crippen molar-refractivity contribution in [3.63, 3.8) is 0 Å². The van der Waals surface area contributed by atoms with Crippen molar-refractivity contribution in [2.24, 2.45) is 5.92 Å². The maximum atomic E-state index is 12.2. The van der Waals surface area contributed by atoms with Gasteiger partial charge in [0.05, 0.1) is 13.0 Å². The maximum Gasteiger partial charge on any atom is 0.311 e. The van der Waals surface area contributed by atoms with E-state index in [-0.39, 0.29) is 31.3 Å². The number of methoxy groups -OCH3 is 1. The highest BCUT2D eigenvalue weighted by Crippen LogP contribution is 2.27. The summed E-state index contributed by atoms with van der Waals surface area (Å²) in [5, 5.41) is 0. The molecule has 6 nitrogen and oxygen atoms in total. The highest BCUT2D eigenvalue weighted by atomic mass is 16.5. The molecular formula is C20H19NO5. The lowest BCUT2D eigenvalue weighted by Gasteiger charge is -2.16. The van der Waals surface area contributed by atoms with E-state index in [4.69, 9.17) is 9.47 Å². The van der Waals surface area contributed by atoms with Gasteiger partial charge in [0.1, 0.15) is 5.75 Å². The minimum Gasteiger partial charge on any atom is -0.497 e. The van der Waals surface area contributed by atoms with E-state index < -0.39 is 11.9 Å². The van der Waals surface area contributed by atoms with Crippen molar-refractivity contribution in [3.8, 4) is 5.75 Å². The van der Waals surface area contributed by atoms with Gasteiger partial charge in [-0.1, -0.05) is 30.3 Å². The van der Waals surface area contributed by atoms with Crippen LogP contribution in [0.5, 0.6) is 5.75 Å². The van der Waals surface area contributed by atoms with E-state index in [0.717, 1.165) is 0 Å². The molecule has 26 heavy (non-hydrogen) atoms. The summed E-state index contributed by atoms with van der Waals surface area (Å²) in [6, 6.07) is 15.7. The molecule has 1 heterocycles. The van der Waals surface area contributed by atoms with E-state index in [0.29, 0.717) is 17.0 Å². The lowest BCUT2D eigenvalue weighted by molar-refractivity contribution is -0.147. The van der Waals surface area contributed by atoms with Gasteiger partial charge in [-0.2, -0.15) is 0 Å². The number of hydrogen-bond acceptors (Lipinski definition) is 5. The molecule has 3 rings (SSSR count). The third kappa shape index (κ3) is 3.91. The zero-order valence-corrected chi connectivity index (χ0v) is 14.4. The highest BCUT2D eigenvalue weighted by molar-refractivity contribution is 6.01. The van der Waals surface area contributed by atoms with Crippen LogP contribution in [0.15, 0.2) is 54.6 Å². The van der Waals surface area contributed by atoms with Gasteiger partial charge in [0.2, 0.25) is 5.91 Å². The Hall–Kier alpha value is -3.15. The Bertz CT molecular complexity index is 801. The van der Waals surface area contributed by atoms with Crippen LogP contribution in [0.3, 0.4) is 0 Å². The number of carbonyl (C=O) groups is 3. The number of amides is 1. The van der Waals surface area contributed by atoms with E-state index in [1.807, 2.05) is 0 Å². The molecule has 0 unspecified atom stereocenters. The first-order valence-corrected chi connectivity index (χ1v) is 8.28. The fraction of sp³-hybridized carbons (Fsp3) is 0.250. The van der Waals surface area contributed by atoms with Crippen molar-refractivity contribution in [1.29, 1.82) is 0 Å². The Balaban J connectivity index is 1.57. The predicted octanol–water partition coefficient (Wildman–Crippen LogP) is 2.47. The minimum atomic E-state index is -0.576. The van der Waals surface area contributed by atoms with Crippen LogP contribution in [0.2, 0.25) is 0 Å². The van der Waals surface area contributed by atoms with Crippen LogP contribution in [0.4, 0.5) is 5.69 Å². The first kappa shape index (κ1) is 17.7. The Morgan fingerprint density at radius 1 is 1.08 bits per heavy atom. The summed E-state index contributed by atoms with van der Waals surface area (Å²) < 4.78 is 10.2. The molecule has 2 aromatic rings. The van der Waals surface area contributed by atoms with Crippen LogP contribution in [0.25, 0.3) is 0 Å². The second-order valence-corrected chi connectivity index (χ2v) is 6.00. The van der Waals surface area contributed by atoms with Gasteiger partial charge in [-0.25, -0.2) is 0 Å². The molecular weight excluding hydrogens is 334 g/mol. The summed E-state index contributed by atoms with van der Waals surface area (Å²) in [7, 11) is 1.57. The number of ether oxygens (including phenoxy) is 2. The number of rotatable bonds is 6. The fourth-order valence-corrected chi connectivity index (χ4v) is 2.84. The van der Waals surface area contributed by atoms with Gasteiger partial charge in [0, 0.05) is 24.2 Å². The molecule has 0 aromatic heterocycles. The zero-order chi connectivity index (χ0) is 18.5. The van der Waals surface area contributed by atoms with Crippen LogP contribution >= 0.6 is 0 Å². The molecule has 0 bridgehead atoms. The van der Waals surface area contributed by atoms with Crippen LogP contribution in [-0.4, -0.2) is 37.9 Å². The quantitative estimate of drug-likeness (QED) is 0.589. The van der Waals surface area contributed by atoms with Crippen LogP contribution in [0, 0.1) is 5.92 Å². The third-order valence-electron chi connectivity index (χ3n) is 4.28. The van der Waals surface area contributed by atoms with Crippen molar-refractivity contribution >= 4 is 23.3 Å². The first-order valence-electron chi connectivity index (χ1n) is 8.28. The normalized spacial score (nSPS) is 16.4. The molecule has 134 valence electrons. The van der Waals surface area contributed by atoms with Crippen molar-refractivity contribution in [3.05, 3.63) is 60.2 Å². The predicted molar refractivity (Wildman–Crippen MR) is 95.2 cm³/mol. The molecule has 0 aliphatic carbocycles. The first-order chi connectivity index (χ1) is 12.6. The second-order valence-electron chi connectivity index (χ2n) is 6.00. The van der Waals surface area contributed by atoms with E-state index in [9.17, 15) is 14.4 Å². The molecule has 0 spiro atoms. The number of ketones is 1. The average Bonchev–Trinajstić information content (AvgIpc) is 3.08. The van der Waals surface area contributed by atoms with Crippen LogP contribution in [-0.2, 0) is 14.3 Å². The van der Waals surface area contributed by atoms with Crippen molar-refractivity contribution < 1.29 is 23.9 Å². The summed E-state index contributed by atoms with van der Waals surface area (Å²) in [5.74, 6) is -0.829. The van der Waals surface area contributed by atoms with Crippen LogP contribution < -0.4 is 9.64 Å². The van der Waals surface area contributed by atoms with E-state index in [1.165, 1.54) is 0 Å². The molecule has 1 aliphatic heterocycles. The average molecular weight is 353 g/mol. The summed E-state index contributed by atoms with van der Waals surface area (Å²) >= 11 is 0. The number of benzene rings is 2. The second kappa shape index (κ2) is 7.82. The molecule has 1 saturated heterocycles. The largest absolute Gasteiger partial charge is 0.497 e. The fourth-order valence-electron chi connectivity index (χ4n) is 2.84. The Morgan fingerprint density at radius 3 is 2.42 bits per heavy atom. The molecule has 0 N–H and O–H groups in total. The number of nitrogens with zero attached hydrogens (tertiary/aromatic N) is 1. The van der Waals surface area contributed by atoms with Crippen molar-refractivity contribution in [2.45, 2.75) is 6.42 Å². The van der Waals surface area contributed by atoms with Crippen molar-refractivity contribution in [1.82, 2.24) is 0 Å². The number of Topliss-reactive ketones (excluding diaryl/α,β-unsaturated/α-hetero) is 1. The lowest BCUT2D eigenvalue weighted by Crippen LogP contribution is -2.27. The number of carbonyl (C=O) groups excluding carboxylic acids is 3. The van der Waals surface area contributed by atoms with Gasteiger partial charge in [0.25, 0.3) is 0 Å².